The highest BCUT2D eigenvalue weighted by molar-refractivity contribution is 5.90. The molecule has 1 heterocycles. The Labute approximate surface area is 153 Å². The fraction of sp³-hybridized carbons (Fsp3) is 0.526. The molecule has 1 N–H and O–H groups in total. The van der Waals surface area contributed by atoms with Crippen LogP contribution in [0.3, 0.4) is 0 Å². The number of methoxy groups -OCH3 is 1. The minimum atomic E-state index is -0.740. The first-order valence-electron chi connectivity index (χ1n) is 8.79. The second kappa shape index (κ2) is 9.22. The summed E-state index contributed by atoms with van der Waals surface area (Å²) in [7, 11) is 1.28. The summed E-state index contributed by atoms with van der Waals surface area (Å²) in [4.78, 5) is 38.2. The van der Waals surface area contributed by atoms with E-state index in [9.17, 15) is 14.4 Å². The first-order valence-corrected chi connectivity index (χ1v) is 8.79. The molecule has 1 aliphatic heterocycles. The zero-order chi connectivity index (χ0) is 19.1. The Morgan fingerprint density at radius 1 is 1.23 bits per heavy atom. The Bertz CT molecular complexity index is 632. The third-order valence-electron chi connectivity index (χ3n) is 4.41. The van der Waals surface area contributed by atoms with Gasteiger partial charge in [0.05, 0.1) is 7.11 Å². The van der Waals surface area contributed by atoms with Crippen molar-refractivity contribution in [2.24, 2.45) is 5.92 Å². The van der Waals surface area contributed by atoms with Crippen LogP contribution in [0.4, 0.5) is 4.79 Å². The maximum absolute atomic E-state index is 12.6. The van der Waals surface area contributed by atoms with Crippen LogP contribution in [0, 0.1) is 5.92 Å². The molecule has 1 aromatic rings. The zero-order valence-corrected chi connectivity index (χ0v) is 15.4. The van der Waals surface area contributed by atoms with Crippen molar-refractivity contribution in [3.8, 4) is 0 Å². The first kappa shape index (κ1) is 19.8. The molecular formula is C19H26N2O5. The molecule has 26 heavy (non-hydrogen) atoms. The summed E-state index contributed by atoms with van der Waals surface area (Å²) in [5, 5.41) is 2.70. The maximum Gasteiger partial charge on any atom is 0.410 e. The molecule has 2 atom stereocenters. The molecule has 0 saturated carbocycles. The van der Waals surface area contributed by atoms with Gasteiger partial charge in [-0.15, -0.1) is 0 Å². The van der Waals surface area contributed by atoms with Crippen molar-refractivity contribution in [3.05, 3.63) is 35.9 Å². The SMILES string of the molecule is COC(=O)C(NC(=O)C1CCCN1C(=O)OCc1ccccc1)C(C)C. The van der Waals surface area contributed by atoms with Crippen molar-refractivity contribution >= 4 is 18.0 Å². The smallest absolute Gasteiger partial charge is 0.410 e. The van der Waals surface area contributed by atoms with Crippen LogP contribution in [0.15, 0.2) is 30.3 Å². The van der Waals surface area contributed by atoms with Gasteiger partial charge in [-0.3, -0.25) is 9.69 Å². The summed E-state index contributed by atoms with van der Waals surface area (Å²) in [5.74, 6) is -0.973. The van der Waals surface area contributed by atoms with E-state index in [4.69, 9.17) is 9.47 Å². The highest BCUT2D eigenvalue weighted by Gasteiger charge is 2.37. The summed E-state index contributed by atoms with van der Waals surface area (Å²) >= 11 is 0. The number of nitrogens with one attached hydrogen (secondary N) is 1. The van der Waals surface area contributed by atoms with Crippen molar-refractivity contribution in [1.82, 2.24) is 10.2 Å². The number of benzene rings is 1. The molecule has 1 fully saturated rings. The van der Waals surface area contributed by atoms with Crippen LogP contribution in [0.25, 0.3) is 0 Å². The average Bonchev–Trinajstić information content (AvgIpc) is 3.14. The summed E-state index contributed by atoms with van der Waals surface area (Å²) in [6.45, 7) is 4.25. The second-order valence-corrected chi connectivity index (χ2v) is 6.65. The average molecular weight is 362 g/mol. The number of amides is 2. The van der Waals surface area contributed by atoms with Gasteiger partial charge in [-0.1, -0.05) is 44.2 Å². The van der Waals surface area contributed by atoms with E-state index in [1.165, 1.54) is 12.0 Å². The topological polar surface area (TPSA) is 84.9 Å². The fourth-order valence-electron chi connectivity index (χ4n) is 2.93. The number of carbonyl (C=O) groups excluding carboxylic acids is 3. The lowest BCUT2D eigenvalue weighted by Gasteiger charge is -2.26. The molecule has 1 aliphatic rings. The predicted molar refractivity (Wildman–Crippen MR) is 95.1 cm³/mol. The van der Waals surface area contributed by atoms with Crippen LogP contribution in [-0.4, -0.2) is 48.6 Å². The Balaban J connectivity index is 1.96. The predicted octanol–water partition coefficient (Wildman–Crippen LogP) is 2.10. The van der Waals surface area contributed by atoms with Crippen LogP contribution >= 0.6 is 0 Å². The number of carbonyl (C=O) groups is 3. The summed E-state index contributed by atoms with van der Waals surface area (Å²) in [6, 6.07) is 7.98. The van der Waals surface area contributed by atoms with E-state index >= 15 is 0 Å². The molecule has 7 heteroatoms. The Morgan fingerprint density at radius 3 is 2.54 bits per heavy atom. The van der Waals surface area contributed by atoms with Gasteiger partial charge >= 0.3 is 12.1 Å². The molecule has 2 unspecified atom stereocenters. The van der Waals surface area contributed by atoms with Crippen LogP contribution in [0.2, 0.25) is 0 Å². The molecule has 0 aliphatic carbocycles. The zero-order valence-electron chi connectivity index (χ0n) is 15.4. The quantitative estimate of drug-likeness (QED) is 0.784. The third-order valence-corrected chi connectivity index (χ3v) is 4.41. The van der Waals surface area contributed by atoms with Gasteiger partial charge in [-0.05, 0) is 24.3 Å². The number of esters is 1. The first-order chi connectivity index (χ1) is 12.4. The monoisotopic (exact) mass is 362 g/mol. The number of rotatable bonds is 6. The lowest BCUT2D eigenvalue weighted by atomic mass is 10.0. The molecule has 0 aromatic heterocycles. The molecular weight excluding hydrogens is 336 g/mol. The van der Waals surface area contributed by atoms with Gasteiger partial charge in [0.1, 0.15) is 18.7 Å². The van der Waals surface area contributed by atoms with Crippen LogP contribution < -0.4 is 5.32 Å². The number of likely N-dealkylation sites (tertiary alicyclic amines) is 1. The van der Waals surface area contributed by atoms with Crippen LogP contribution in [0.5, 0.6) is 0 Å². The Hall–Kier alpha value is -2.57. The van der Waals surface area contributed by atoms with Crippen molar-refractivity contribution in [2.45, 2.75) is 45.4 Å². The van der Waals surface area contributed by atoms with Crippen molar-refractivity contribution in [3.63, 3.8) is 0 Å². The lowest BCUT2D eigenvalue weighted by Crippen LogP contribution is -2.52. The van der Waals surface area contributed by atoms with Gasteiger partial charge in [0.15, 0.2) is 0 Å². The van der Waals surface area contributed by atoms with Gasteiger partial charge in [-0.25, -0.2) is 9.59 Å². The lowest BCUT2D eigenvalue weighted by molar-refractivity contribution is -0.146. The molecule has 1 saturated heterocycles. The van der Waals surface area contributed by atoms with Crippen molar-refractivity contribution in [1.29, 1.82) is 0 Å². The number of ether oxygens (including phenoxy) is 2. The molecule has 2 rings (SSSR count). The largest absolute Gasteiger partial charge is 0.467 e. The van der Waals surface area contributed by atoms with Gasteiger partial charge in [0.25, 0.3) is 0 Å². The van der Waals surface area contributed by atoms with Gasteiger partial charge in [0, 0.05) is 6.54 Å². The van der Waals surface area contributed by atoms with E-state index in [0.717, 1.165) is 5.56 Å². The van der Waals surface area contributed by atoms with E-state index < -0.39 is 24.1 Å². The molecule has 142 valence electrons. The van der Waals surface area contributed by atoms with E-state index in [1.54, 1.807) is 0 Å². The normalized spacial score (nSPS) is 17.7. The fourth-order valence-corrected chi connectivity index (χ4v) is 2.93. The minimum Gasteiger partial charge on any atom is -0.467 e. The van der Waals surface area contributed by atoms with Crippen LogP contribution in [-0.2, 0) is 25.7 Å². The van der Waals surface area contributed by atoms with E-state index in [0.29, 0.717) is 19.4 Å². The third kappa shape index (κ3) is 4.97. The number of nitrogens with zero attached hydrogens (tertiary/aromatic N) is 1. The van der Waals surface area contributed by atoms with E-state index in [2.05, 4.69) is 5.32 Å². The van der Waals surface area contributed by atoms with Gasteiger partial charge < -0.3 is 14.8 Å². The summed E-state index contributed by atoms with van der Waals surface area (Å²) in [6.07, 6.45) is 0.729. The standard InChI is InChI=1S/C19H26N2O5/c1-13(2)16(18(23)25-3)20-17(22)15-10-7-11-21(15)19(24)26-12-14-8-5-4-6-9-14/h4-6,8-9,13,15-16H,7,10-12H2,1-3H3,(H,20,22). The van der Waals surface area contributed by atoms with Crippen molar-refractivity contribution < 1.29 is 23.9 Å². The molecule has 2 amide bonds. The highest BCUT2D eigenvalue weighted by Crippen LogP contribution is 2.20. The van der Waals surface area contributed by atoms with Gasteiger partial charge in [-0.2, -0.15) is 0 Å². The summed E-state index contributed by atoms with van der Waals surface area (Å²) in [5.41, 5.74) is 0.881. The Kier molecular flexibility index (Phi) is 7.00. The number of hydrogen-bond acceptors (Lipinski definition) is 5. The number of hydrogen-bond donors (Lipinski definition) is 1. The molecule has 0 radical (unpaired) electrons. The molecule has 1 aromatic carbocycles. The Morgan fingerprint density at radius 2 is 1.92 bits per heavy atom. The van der Waals surface area contributed by atoms with E-state index in [-0.39, 0.29) is 18.4 Å². The van der Waals surface area contributed by atoms with Gasteiger partial charge in [0.2, 0.25) is 5.91 Å². The van der Waals surface area contributed by atoms with Crippen molar-refractivity contribution in [2.75, 3.05) is 13.7 Å². The maximum atomic E-state index is 12.6. The molecule has 0 bridgehead atoms. The second-order valence-electron chi connectivity index (χ2n) is 6.65. The molecule has 0 spiro atoms. The minimum absolute atomic E-state index is 0.119. The molecule has 7 nitrogen and oxygen atoms in total. The summed E-state index contributed by atoms with van der Waals surface area (Å²) < 4.78 is 10.1. The van der Waals surface area contributed by atoms with Crippen LogP contribution in [0.1, 0.15) is 32.3 Å². The van der Waals surface area contributed by atoms with E-state index in [1.807, 2.05) is 44.2 Å². The highest BCUT2D eigenvalue weighted by atomic mass is 16.6.